The Morgan fingerprint density at radius 2 is 1.30 bits per heavy atom. The van der Waals surface area contributed by atoms with Gasteiger partial charge in [0.1, 0.15) is 5.54 Å². The van der Waals surface area contributed by atoms with Crippen LogP contribution < -0.4 is 15.5 Å². The Balaban J connectivity index is 1.53. The summed E-state index contributed by atoms with van der Waals surface area (Å²) in [4.78, 5) is 36.7. The third-order valence-electron chi connectivity index (χ3n) is 9.18. The number of piperidine rings is 1. The van der Waals surface area contributed by atoms with Gasteiger partial charge >= 0.3 is 18.4 Å². The van der Waals surface area contributed by atoms with E-state index in [4.69, 9.17) is 4.74 Å². The van der Waals surface area contributed by atoms with Crippen LogP contribution in [0.1, 0.15) is 55.2 Å². The largest absolute Gasteiger partial charge is 0.430 e. The molecule has 2 aliphatic rings. The highest BCUT2D eigenvalue weighted by Gasteiger charge is 2.73. The van der Waals surface area contributed by atoms with Gasteiger partial charge in [-0.2, -0.15) is 26.3 Å². The van der Waals surface area contributed by atoms with Crippen LogP contribution in [0.2, 0.25) is 0 Å². The molecule has 1 aromatic carbocycles. The van der Waals surface area contributed by atoms with Crippen LogP contribution in [0.15, 0.2) is 73.3 Å². The van der Waals surface area contributed by atoms with Gasteiger partial charge in [-0.15, -0.1) is 0 Å². The topological polar surface area (TPSA) is 96.5 Å². The van der Waals surface area contributed by atoms with E-state index in [9.17, 15) is 35.9 Å². The minimum atomic E-state index is -5.87. The SMILES string of the molecule is CC(c1ccncc1)C1(C(C)c2ccncc2)NC(=O)N(c2ccc(C(OCC3CCNCC3)(C(F)(F)F)C(F)(F)F)cc2)C1=O. The molecule has 3 amide bonds. The van der Waals surface area contributed by atoms with E-state index in [0.717, 1.165) is 17.0 Å². The number of amides is 3. The summed E-state index contributed by atoms with van der Waals surface area (Å²) in [5.74, 6) is -2.48. The molecule has 8 nitrogen and oxygen atoms in total. The maximum absolute atomic E-state index is 14.4. The Morgan fingerprint density at radius 1 is 0.826 bits per heavy atom. The molecule has 2 atom stereocenters. The number of rotatable bonds is 9. The lowest BCUT2D eigenvalue weighted by Gasteiger charge is -2.39. The zero-order valence-corrected chi connectivity index (χ0v) is 25.0. The van der Waals surface area contributed by atoms with Gasteiger partial charge in [0.15, 0.2) is 0 Å². The van der Waals surface area contributed by atoms with Crippen molar-refractivity contribution in [2.45, 2.75) is 62.0 Å². The van der Waals surface area contributed by atoms with Gasteiger partial charge in [-0.25, -0.2) is 9.69 Å². The number of anilines is 1. The van der Waals surface area contributed by atoms with Crippen LogP contribution in [0, 0.1) is 5.92 Å². The molecule has 5 rings (SSSR count). The summed E-state index contributed by atoms with van der Waals surface area (Å²) in [6.45, 7) is 3.66. The van der Waals surface area contributed by atoms with Crippen molar-refractivity contribution in [2.75, 3.05) is 24.6 Å². The fraction of sp³-hybridized carbons (Fsp3) is 0.438. The summed E-state index contributed by atoms with van der Waals surface area (Å²) < 4.78 is 91.5. The number of aromatic nitrogens is 2. The standard InChI is InChI=1S/C32H33F6N5O3/c1-20(23-9-15-40-16-10-23)29(21(2)24-11-17-41-18-12-24)27(44)43(28(45)42-29)26-5-3-25(4-6-26)30(31(33,34)35,32(36,37)38)46-19-22-7-13-39-14-8-22/h3-6,9-12,15-18,20-22,39H,7-8,13-14,19H2,1-2H3,(H,42,45). The van der Waals surface area contributed by atoms with E-state index in [1.165, 1.54) is 24.8 Å². The van der Waals surface area contributed by atoms with E-state index < -0.39 is 65.4 Å². The minimum absolute atomic E-state index is 0.200. The monoisotopic (exact) mass is 649 g/mol. The van der Waals surface area contributed by atoms with Crippen molar-refractivity contribution in [3.05, 3.63) is 90.0 Å². The number of benzene rings is 1. The summed E-state index contributed by atoms with van der Waals surface area (Å²) in [5.41, 5.74) is -6.26. The molecule has 46 heavy (non-hydrogen) atoms. The number of imide groups is 1. The summed E-state index contributed by atoms with van der Waals surface area (Å²) in [7, 11) is 0. The molecule has 0 spiro atoms. The second-order valence-corrected chi connectivity index (χ2v) is 11.7. The van der Waals surface area contributed by atoms with Crippen molar-refractivity contribution in [2.24, 2.45) is 5.92 Å². The van der Waals surface area contributed by atoms with Gasteiger partial charge in [0.05, 0.1) is 12.3 Å². The number of pyridine rings is 2. The predicted octanol–water partition coefficient (Wildman–Crippen LogP) is 6.22. The summed E-state index contributed by atoms with van der Waals surface area (Å²) >= 11 is 0. The first-order valence-electron chi connectivity index (χ1n) is 14.8. The van der Waals surface area contributed by atoms with E-state index in [-0.39, 0.29) is 5.69 Å². The molecule has 2 saturated heterocycles. The maximum atomic E-state index is 14.4. The van der Waals surface area contributed by atoms with Gasteiger partial charge in [0.25, 0.3) is 11.5 Å². The van der Waals surface area contributed by atoms with Crippen LogP contribution in [0.4, 0.5) is 36.8 Å². The Morgan fingerprint density at radius 3 is 1.76 bits per heavy atom. The number of carbonyl (C=O) groups excluding carboxylic acids is 2. The number of halogens is 6. The molecule has 2 aliphatic heterocycles. The molecule has 14 heteroatoms. The number of nitrogens with zero attached hydrogens (tertiary/aromatic N) is 3. The number of alkyl halides is 6. The molecule has 0 aliphatic carbocycles. The van der Waals surface area contributed by atoms with Crippen molar-refractivity contribution < 1.29 is 40.7 Å². The molecular formula is C32H33F6N5O3. The molecule has 246 valence electrons. The highest BCUT2D eigenvalue weighted by Crippen LogP contribution is 2.54. The fourth-order valence-electron chi connectivity index (χ4n) is 6.46. The number of ether oxygens (including phenoxy) is 1. The number of carbonyl (C=O) groups is 2. The maximum Gasteiger partial charge on any atom is 0.430 e. The van der Waals surface area contributed by atoms with E-state index in [1.807, 2.05) is 0 Å². The summed E-state index contributed by atoms with van der Waals surface area (Å²) in [5, 5.41) is 5.83. The van der Waals surface area contributed by atoms with Crippen LogP contribution in [-0.2, 0) is 15.1 Å². The van der Waals surface area contributed by atoms with Crippen molar-refractivity contribution in [1.29, 1.82) is 0 Å². The third kappa shape index (κ3) is 5.72. The second-order valence-electron chi connectivity index (χ2n) is 11.7. The van der Waals surface area contributed by atoms with Gasteiger partial charge in [-0.3, -0.25) is 14.8 Å². The highest BCUT2D eigenvalue weighted by molar-refractivity contribution is 6.24. The van der Waals surface area contributed by atoms with Crippen molar-refractivity contribution in [1.82, 2.24) is 20.6 Å². The van der Waals surface area contributed by atoms with E-state index >= 15 is 0 Å². The Kier molecular flexibility index (Phi) is 9.15. The smallest absolute Gasteiger partial charge is 0.354 e. The summed E-state index contributed by atoms with van der Waals surface area (Å²) in [6.07, 6.45) is -4.84. The van der Waals surface area contributed by atoms with Crippen molar-refractivity contribution in [3.8, 4) is 0 Å². The molecule has 2 fully saturated rings. The van der Waals surface area contributed by atoms with Crippen LogP contribution in [-0.4, -0.2) is 59.5 Å². The lowest BCUT2D eigenvalue weighted by molar-refractivity contribution is -0.391. The minimum Gasteiger partial charge on any atom is -0.354 e. The number of urea groups is 1. The second kappa shape index (κ2) is 12.6. The third-order valence-corrected chi connectivity index (χ3v) is 9.18. The van der Waals surface area contributed by atoms with E-state index in [0.29, 0.717) is 49.2 Å². The van der Waals surface area contributed by atoms with Gasteiger partial charge in [0.2, 0.25) is 0 Å². The van der Waals surface area contributed by atoms with Gasteiger partial charge in [-0.1, -0.05) is 26.0 Å². The first-order chi connectivity index (χ1) is 21.7. The predicted molar refractivity (Wildman–Crippen MR) is 156 cm³/mol. The molecule has 0 bridgehead atoms. The van der Waals surface area contributed by atoms with Crippen LogP contribution >= 0.6 is 0 Å². The molecule has 4 heterocycles. The quantitative estimate of drug-likeness (QED) is 0.211. The highest BCUT2D eigenvalue weighted by atomic mass is 19.4. The number of hydrogen-bond acceptors (Lipinski definition) is 6. The lowest BCUT2D eigenvalue weighted by atomic mass is 9.70. The number of nitrogens with one attached hydrogen (secondary N) is 2. The molecule has 0 saturated carbocycles. The fourth-order valence-corrected chi connectivity index (χ4v) is 6.46. The number of hydrogen-bond donors (Lipinski definition) is 2. The van der Waals surface area contributed by atoms with Crippen molar-refractivity contribution >= 4 is 17.6 Å². The van der Waals surface area contributed by atoms with Crippen molar-refractivity contribution in [3.63, 3.8) is 0 Å². The zero-order valence-electron chi connectivity index (χ0n) is 25.0. The van der Waals surface area contributed by atoms with E-state index in [1.54, 1.807) is 38.1 Å². The Labute approximate surface area is 261 Å². The van der Waals surface area contributed by atoms with Gasteiger partial charge in [0, 0.05) is 42.2 Å². The van der Waals surface area contributed by atoms with E-state index in [2.05, 4.69) is 20.6 Å². The summed E-state index contributed by atoms with van der Waals surface area (Å²) in [6, 6.07) is 8.92. The molecular weight excluding hydrogens is 616 g/mol. The van der Waals surface area contributed by atoms with Gasteiger partial charge in [-0.05, 0) is 79.4 Å². The van der Waals surface area contributed by atoms with Crippen LogP contribution in [0.25, 0.3) is 0 Å². The molecule has 3 aromatic rings. The van der Waals surface area contributed by atoms with Crippen LogP contribution in [0.3, 0.4) is 0 Å². The van der Waals surface area contributed by atoms with Crippen LogP contribution in [0.5, 0.6) is 0 Å². The average molecular weight is 650 g/mol. The normalized spacial score (nSPS) is 21.3. The zero-order chi connectivity index (χ0) is 33.3. The first-order valence-corrected chi connectivity index (χ1v) is 14.8. The molecule has 2 aromatic heterocycles. The molecule has 2 unspecified atom stereocenters. The lowest BCUT2D eigenvalue weighted by Crippen LogP contribution is -2.56. The average Bonchev–Trinajstić information content (AvgIpc) is 3.31. The first kappa shape index (κ1) is 33.3. The molecule has 0 radical (unpaired) electrons. The Bertz CT molecular complexity index is 1450. The van der Waals surface area contributed by atoms with Gasteiger partial charge < -0.3 is 15.4 Å². The Hall–Kier alpha value is -4.04. The molecule has 2 N–H and O–H groups in total.